The number of esters is 1. The number of ether oxygens (including phenoxy) is 4. The number of nitrogens with one attached hydrogen (secondary N) is 3. The minimum Gasteiger partial charge on any atom is -0.493 e. The molecule has 3 amide bonds. The van der Waals surface area contributed by atoms with Crippen molar-refractivity contribution in [1.29, 1.82) is 0 Å². The Morgan fingerprint density at radius 2 is 1.82 bits per heavy atom. The van der Waals surface area contributed by atoms with E-state index < -0.39 is 23.9 Å². The van der Waals surface area contributed by atoms with Gasteiger partial charge in [0.2, 0.25) is 0 Å². The number of nitrogens with zero attached hydrogens (tertiary/aromatic N) is 1. The lowest BCUT2D eigenvalue weighted by molar-refractivity contribution is -0.139. The zero-order valence-electron chi connectivity index (χ0n) is 24.4. The first kappa shape index (κ1) is 33.8. The third kappa shape index (κ3) is 8.99. The molecule has 11 nitrogen and oxygen atoms in total. The van der Waals surface area contributed by atoms with Crippen molar-refractivity contribution in [3.8, 4) is 17.2 Å². The average Bonchev–Trinajstić information content (AvgIpc) is 3.00. The Bertz CT molecular complexity index is 1650. The van der Waals surface area contributed by atoms with E-state index >= 15 is 0 Å². The van der Waals surface area contributed by atoms with Gasteiger partial charge in [-0.15, -0.1) is 0 Å². The third-order valence-corrected chi connectivity index (χ3v) is 7.67. The molecule has 1 atom stereocenters. The number of hydrogen-bond donors (Lipinski definition) is 3. The number of methoxy groups -OCH3 is 1. The van der Waals surface area contributed by atoms with Gasteiger partial charge in [0.1, 0.15) is 12.4 Å². The number of rotatable bonds is 12. The molecule has 1 heterocycles. The topological polar surface area (TPSA) is 137 Å². The maximum atomic E-state index is 12.6. The van der Waals surface area contributed by atoms with E-state index in [-0.39, 0.29) is 24.5 Å². The van der Waals surface area contributed by atoms with Crippen molar-refractivity contribution < 1.29 is 33.3 Å². The Kier molecular flexibility index (Phi) is 11.9. The van der Waals surface area contributed by atoms with Crippen molar-refractivity contribution >= 4 is 67.6 Å². The summed E-state index contributed by atoms with van der Waals surface area (Å²) in [5, 5.41) is 10.0. The molecule has 236 valence electrons. The van der Waals surface area contributed by atoms with Gasteiger partial charge in [0, 0.05) is 20.8 Å². The second-order valence-corrected chi connectivity index (χ2v) is 11.7. The summed E-state index contributed by atoms with van der Waals surface area (Å²) in [6, 6.07) is 14.6. The van der Waals surface area contributed by atoms with Crippen LogP contribution in [0.3, 0.4) is 0 Å². The van der Waals surface area contributed by atoms with Crippen LogP contribution < -0.4 is 30.3 Å². The lowest BCUT2D eigenvalue weighted by atomic mass is 9.95. The Labute approximate surface area is 281 Å². The van der Waals surface area contributed by atoms with E-state index in [1.54, 1.807) is 50.2 Å². The Balaban J connectivity index is 1.41. The quantitative estimate of drug-likeness (QED) is 0.114. The summed E-state index contributed by atoms with van der Waals surface area (Å²) in [4.78, 5) is 37.4. The molecule has 0 radical (unpaired) electrons. The van der Waals surface area contributed by atoms with E-state index in [1.807, 2.05) is 18.2 Å². The molecule has 3 aromatic rings. The second kappa shape index (κ2) is 15.8. The van der Waals surface area contributed by atoms with Crippen molar-refractivity contribution in [1.82, 2.24) is 16.1 Å². The SMILES string of the molecule is CCOC(=O)C1=C(C)NC(=O)N[C@H]1c1ccc(OCC(=O)N/N=C/c2cc(Br)cc(Br)c2OCc2ccc(Cl)cc2)c(OC)c1. The van der Waals surface area contributed by atoms with Crippen LogP contribution in [-0.4, -0.2) is 44.4 Å². The normalized spacial score (nSPS) is 14.4. The maximum Gasteiger partial charge on any atom is 0.338 e. The largest absolute Gasteiger partial charge is 0.493 e. The van der Waals surface area contributed by atoms with Crippen LogP contribution in [0.4, 0.5) is 4.79 Å². The van der Waals surface area contributed by atoms with Crippen molar-refractivity contribution in [2.75, 3.05) is 20.3 Å². The van der Waals surface area contributed by atoms with Gasteiger partial charge in [0.25, 0.3) is 5.91 Å². The van der Waals surface area contributed by atoms with Crippen LogP contribution in [0.15, 0.2) is 79.9 Å². The van der Waals surface area contributed by atoms with Crippen molar-refractivity contribution in [3.63, 3.8) is 0 Å². The zero-order chi connectivity index (χ0) is 32.5. The minimum absolute atomic E-state index is 0.179. The minimum atomic E-state index is -0.781. The fourth-order valence-corrected chi connectivity index (χ4v) is 5.82. The van der Waals surface area contributed by atoms with Crippen molar-refractivity contribution in [2.24, 2.45) is 5.10 Å². The Morgan fingerprint density at radius 1 is 1.07 bits per heavy atom. The van der Waals surface area contributed by atoms with Crippen molar-refractivity contribution in [3.05, 3.63) is 96.5 Å². The molecule has 0 saturated carbocycles. The highest BCUT2D eigenvalue weighted by Gasteiger charge is 2.32. The Morgan fingerprint density at radius 3 is 2.53 bits per heavy atom. The average molecular weight is 765 g/mol. The van der Waals surface area contributed by atoms with E-state index in [4.69, 9.17) is 30.5 Å². The number of carbonyl (C=O) groups excluding carboxylic acids is 3. The first-order valence-corrected chi connectivity index (χ1v) is 15.5. The number of carbonyl (C=O) groups is 3. The van der Waals surface area contributed by atoms with Gasteiger partial charge >= 0.3 is 12.0 Å². The van der Waals surface area contributed by atoms with Gasteiger partial charge in [-0.2, -0.15) is 5.10 Å². The van der Waals surface area contributed by atoms with Gasteiger partial charge in [-0.05, 0) is 77.3 Å². The number of amides is 3. The molecule has 0 spiro atoms. The predicted octanol–water partition coefficient (Wildman–Crippen LogP) is 6.17. The number of halogens is 3. The maximum absolute atomic E-state index is 12.6. The smallest absolute Gasteiger partial charge is 0.338 e. The van der Waals surface area contributed by atoms with Crippen LogP contribution >= 0.6 is 43.5 Å². The van der Waals surface area contributed by atoms with Crippen LogP contribution in [0.25, 0.3) is 0 Å². The van der Waals surface area contributed by atoms with E-state index in [0.717, 1.165) is 10.0 Å². The van der Waals surface area contributed by atoms with Gasteiger partial charge < -0.3 is 29.6 Å². The Hall–Kier alpha value is -4.07. The highest BCUT2D eigenvalue weighted by atomic mass is 79.9. The monoisotopic (exact) mass is 762 g/mol. The third-order valence-electron chi connectivity index (χ3n) is 6.37. The molecule has 0 aromatic heterocycles. The summed E-state index contributed by atoms with van der Waals surface area (Å²) in [6.45, 7) is 3.43. The molecule has 0 fully saturated rings. The molecule has 14 heteroatoms. The van der Waals surface area contributed by atoms with E-state index in [9.17, 15) is 14.4 Å². The van der Waals surface area contributed by atoms with Gasteiger partial charge in [0.05, 0.1) is 36.0 Å². The molecule has 1 aliphatic heterocycles. The fraction of sp³-hybridized carbons (Fsp3) is 0.226. The van der Waals surface area contributed by atoms with Gasteiger partial charge in [-0.25, -0.2) is 15.0 Å². The van der Waals surface area contributed by atoms with Crippen LogP contribution in [0, 0.1) is 0 Å². The molecule has 3 N–H and O–H groups in total. The number of hydrogen-bond acceptors (Lipinski definition) is 8. The van der Waals surface area contributed by atoms with Crippen LogP contribution in [0.2, 0.25) is 5.02 Å². The summed E-state index contributed by atoms with van der Waals surface area (Å²) >= 11 is 12.9. The number of urea groups is 1. The van der Waals surface area contributed by atoms with Crippen molar-refractivity contribution in [2.45, 2.75) is 26.5 Å². The summed E-state index contributed by atoms with van der Waals surface area (Å²) < 4.78 is 23.8. The molecule has 45 heavy (non-hydrogen) atoms. The van der Waals surface area contributed by atoms with Gasteiger partial charge in [-0.1, -0.05) is 45.7 Å². The lowest BCUT2D eigenvalue weighted by Crippen LogP contribution is -2.45. The summed E-state index contributed by atoms with van der Waals surface area (Å²) in [7, 11) is 1.44. The van der Waals surface area contributed by atoms with Crippen LogP contribution in [0.5, 0.6) is 17.2 Å². The summed E-state index contributed by atoms with van der Waals surface area (Å²) in [5.41, 5.74) is 5.18. The second-order valence-electron chi connectivity index (χ2n) is 9.50. The van der Waals surface area contributed by atoms with E-state index in [2.05, 4.69) is 53.0 Å². The number of hydrazone groups is 1. The highest BCUT2D eigenvalue weighted by molar-refractivity contribution is 9.11. The molecular formula is C31H29Br2ClN4O7. The molecule has 0 bridgehead atoms. The van der Waals surface area contributed by atoms with E-state index in [1.165, 1.54) is 13.3 Å². The molecule has 3 aromatic carbocycles. The number of allylic oxidation sites excluding steroid dienone is 1. The highest BCUT2D eigenvalue weighted by Crippen LogP contribution is 2.35. The van der Waals surface area contributed by atoms with Gasteiger partial charge in [0.15, 0.2) is 18.1 Å². The molecule has 1 aliphatic rings. The predicted molar refractivity (Wildman–Crippen MR) is 176 cm³/mol. The fourth-order valence-electron chi connectivity index (χ4n) is 4.32. The lowest BCUT2D eigenvalue weighted by Gasteiger charge is -2.28. The van der Waals surface area contributed by atoms with Gasteiger partial charge in [-0.3, -0.25) is 4.79 Å². The van der Waals surface area contributed by atoms with Crippen LogP contribution in [0.1, 0.15) is 36.6 Å². The number of benzene rings is 3. The zero-order valence-corrected chi connectivity index (χ0v) is 28.3. The molecular weight excluding hydrogens is 736 g/mol. The summed E-state index contributed by atoms with van der Waals surface area (Å²) in [6.07, 6.45) is 1.46. The van der Waals surface area contributed by atoms with Crippen LogP contribution in [-0.2, 0) is 20.9 Å². The first-order chi connectivity index (χ1) is 21.6. The molecule has 0 unspecified atom stereocenters. The van der Waals surface area contributed by atoms with E-state index in [0.29, 0.717) is 44.4 Å². The molecule has 0 saturated heterocycles. The summed E-state index contributed by atoms with van der Waals surface area (Å²) in [5.74, 6) is 0.0170. The first-order valence-electron chi connectivity index (χ1n) is 13.5. The standard InChI is InChI=1S/C31H29Br2ClN4O7/c1-4-43-30(40)27-17(2)36-31(41)37-28(27)19-7-10-24(25(12-19)42-3)44-16-26(39)38-35-14-20-11-21(32)13-23(33)29(20)45-15-18-5-8-22(34)9-6-18/h5-14,28H,4,15-16H2,1-3H3,(H,38,39)(H2,36,37,41)/b35-14+/t28-/m0/s1. The molecule has 0 aliphatic carbocycles. The molecule has 4 rings (SSSR count).